The van der Waals surface area contributed by atoms with Crippen molar-refractivity contribution < 1.29 is 9.59 Å². The first-order valence-corrected chi connectivity index (χ1v) is 7.40. The third kappa shape index (κ3) is 5.21. The van der Waals surface area contributed by atoms with Crippen molar-refractivity contribution in [3.05, 3.63) is 28.2 Å². The predicted octanol–water partition coefficient (Wildman–Crippen LogP) is 3.51. The first kappa shape index (κ1) is 17.8. The van der Waals surface area contributed by atoms with E-state index < -0.39 is 5.41 Å². The van der Waals surface area contributed by atoms with Gasteiger partial charge in [-0.2, -0.15) is 0 Å². The number of benzene rings is 1. The normalized spacial score (nSPS) is 11.1. The summed E-state index contributed by atoms with van der Waals surface area (Å²) in [5, 5.41) is 3.64. The maximum Gasteiger partial charge on any atom is 0.225 e. The van der Waals surface area contributed by atoms with E-state index in [9.17, 15) is 9.59 Å². The van der Waals surface area contributed by atoms with Crippen molar-refractivity contribution in [1.29, 1.82) is 0 Å². The highest BCUT2D eigenvalue weighted by Gasteiger charge is 2.21. The van der Waals surface area contributed by atoms with Crippen molar-refractivity contribution in [2.24, 2.45) is 5.41 Å². The lowest BCUT2D eigenvalue weighted by Crippen LogP contribution is -2.41. The van der Waals surface area contributed by atoms with Crippen LogP contribution in [-0.4, -0.2) is 24.9 Å². The standard InChI is InChI=1S/C15H20Cl2N2O2/c1-10(20)19(8-7-18-14(21)15(2,3)4)11-5-6-12(16)13(17)9-11/h5-6,9H,7-8H2,1-4H3,(H,18,21). The maximum absolute atomic E-state index is 11.8. The molecular weight excluding hydrogens is 311 g/mol. The van der Waals surface area contributed by atoms with Crippen molar-refractivity contribution >= 4 is 40.7 Å². The second kappa shape index (κ2) is 7.14. The van der Waals surface area contributed by atoms with Crippen molar-refractivity contribution in [2.75, 3.05) is 18.0 Å². The van der Waals surface area contributed by atoms with Gasteiger partial charge in [-0.05, 0) is 18.2 Å². The lowest BCUT2D eigenvalue weighted by Gasteiger charge is -2.23. The minimum absolute atomic E-state index is 0.0554. The highest BCUT2D eigenvalue weighted by atomic mass is 35.5. The van der Waals surface area contributed by atoms with Crippen LogP contribution in [0, 0.1) is 5.41 Å². The van der Waals surface area contributed by atoms with Crippen LogP contribution in [0.5, 0.6) is 0 Å². The summed E-state index contributed by atoms with van der Waals surface area (Å²) in [6.45, 7) is 7.72. The molecule has 1 aromatic carbocycles. The van der Waals surface area contributed by atoms with Gasteiger partial charge in [-0.25, -0.2) is 0 Å². The summed E-state index contributed by atoms with van der Waals surface area (Å²) in [5.74, 6) is -0.182. The number of nitrogens with zero attached hydrogens (tertiary/aromatic N) is 1. The Hall–Kier alpha value is -1.26. The van der Waals surface area contributed by atoms with Gasteiger partial charge in [0.1, 0.15) is 0 Å². The molecule has 0 bridgehead atoms. The third-order valence-corrected chi connectivity index (χ3v) is 3.64. The van der Waals surface area contributed by atoms with E-state index in [0.717, 1.165) is 0 Å². The molecular formula is C15H20Cl2N2O2. The molecule has 2 amide bonds. The molecule has 0 unspecified atom stereocenters. The van der Waals surface area contributed by atoms with Crippen molar-refractivity contribution in [3.8, 4) is 0 Å². The molecule has 0 radical (unpaired) electrons. The van der Waals surface area contributed by atoms with Gasteiger partial charge in [-0.15, -0.1) is 0 Å². The molecule has 0 spiro atoms. The monoisotopic (exact) mass is 330 g/mol. The van der Waals surface area contributed by atoms with E-state index in [0.29, 0.717) is 28.8 Å². The molecule has 0 atom stereocenters. The van der Waals surface area contributed by atoms with E-state index in [2.05, 4.69) is 5.32 Å². The average Bonchev–Trinajstić information content (AvgIpc) is 2.36. The van der Waals surface area contributed by atoms with Crippen LogP contribution in [0.15, 0.2) is 18.2 Å². The minimum Gasteiger partial charge on any atom is -0.354 e. The number of amides is 2. The molecule has 21 heavy (non-hydrogen) atoms. The summed E-state index contributed by atoms with van der Waals surface area (Å²) in [4.78, 5) is 25.1. The van der Waals surface area contributed by atoms with Gasteiger partial charge in [0.05, 0.1) is 10.0 Å². The van der Waals surface area contributed by atoms with Gasteiger partial charge in [-0.1, -0.05) is 44.0 Å². The number of hydrogen-bond acceptors (Lipinski definition) is 2. The van der Waals surface area contributed by atoms with Crippen LogP contribution in [0.4, 0.5) is 5.69 Å². The predicted molar refractivity (Wildman–Crippen MR) is 87.0 cm³/mol. The van der Waals surface area contributed by atoms with E-state index in [4.69, 9.17) is 23.2 Å². The van der Waals surface area contributed by atoms with Crippen molar-refractivity contribution in [3.63, 3.8) is 0 Å². The molecule has 0 saturated carbocycles. The molecule has 116 valence electrons. The summed E-state index contributed by atoms with van der Waals surface area (Å²) in [6.07, 6.45) is 0. The Morgan fingerprint density at radius 2 is 1.81 bits per heavy atom. The molecule has 0 heterocycles. The summed E-state index contributed by atoms with van der Waals surface area (Å²) in [5.41, 5.74) is 0.201. The van der Waals surface area contributed by atoms with Crippen molar-refractivity contribution in [2.45, 2.75) is 27.7 Å². The Labute approximate surface area is 135 Å². The fraction of sp³-hybridized carbons (Fsp3) is 0.467. The van der Waals surface area contributed by atoms with E-state index in [1.807, 2.05) is 20.8 Å². The first-order chi connectivity index (χ1) is 9.62. The number of anilines is 1. The molecule has 0 aliphatic carbocycles. The molecule has 0 aromatic heterocycles. The summed E-state index contributed by atoms with van der Waals surface area (Å²) >= 11 is 11.8. The summed E-state index contributed by atoms with van der Waals surface area (Å²) in [6, 6.07) is 5.00. The zero-order valence-corrected chi connectivity index (χ0v) is 14.2. The summed E-state index contributed by atoms with van der Waals surface area (Å²) in [7, 11) is 0. The Morgan fingerprint density at radius 3 is 2.29 bits per heavy atom. The quantitative estimate of drug-likeness (QED) is 0.918. The molecule has 1 aromatic rings. The number of nitrogens with one attached hydrogen (secondary N) is 1. The molecule has 0 saturated heterocycles. The van der Waals surface area contributed by atoms with Crippen LogP contribution < -0.4 is 10.2 Å². The van der Waals surface area contributed by atoms with Gasteiger partial charge in [-0.3, -0.25) is 9.59 Å². The van der Waals surface area contributed by atoms with Gasteiger partial charge in [0, 0.05) is 31.1 Å². The second-order valence-corrected chi connectivity index (χ2v) is 6.59. The molecule has 4 nitrogen and oxygen atoms in total. The van der Waals surface area contributed by atoms with Gasteiger partial charge in [0.15, 0.2) is 0 Å². The Bertz CT molecular complexity index is 539. The average molecular weight is 331 g/mol. The van der Waals surface area contributed by atoms with Crippen LogP contribution in [0.1, 0.15) is 27.7 Å². The Morgan fingerprint density at radius 1 is 1.19 bits per heavy atom. The number of halogens is 2. The lowest BCUT2D eigenvalue weighted by atomic mass is 9.96. The van der Waals surface area contributed by atoms with Crippen LogP contribution in [0.3, 0.4) is 0 Å². The van der Waals surface area contributed by atoms with Gasteiger partial charge in [0.2, 0.25) is 11.8 Å². The SMILES string of the molecule is CC(=O)N(CCNC(=O)C(C)(C)C)c1ccc(Cl)c(Cl)c1. The highest BCUT2D eigenvalue weighted by Crippen LogP contribution is 2.27. The number of carbonyl (C=O) groups excluding carboxylic acids is 2. The molecule has 0 aliphatic rings. The number of carbonyl (C=O) groups is 2. The van der Waals surface area contributed by atoms with Crippen LogP contribution in [0.2, 0.25) is 10.0 Å². The zero-order valence-electron chi connectivity index (χ0n) is 12.7. The molecule has 1 N–H and O–H groups in total. The van der Waals surface area contributed by atoms with Crippen LogP contribution in [-0.2, 0) is 9.59 Å². The highest BCUT2D eigenvalue weighted by molar-refractivity contribution is 6.42. The lowest BCUT2D eigenvalue weighted by molar-refractivity contribution is -0.128. The fourth-order valence-electron chi connectivity index (χ4n) is 1.67. The van der Waals surface area contributed by atoms with Gasteiger partial charge < -0.3 is 10.2 Å². The molecule has 1 rings (SSSR count). The van der Waals surface area contributed by atoms with Crippen molar-refractivity contribution in [1.82, 2.24) is 5.32 Å². The molecule has 6 heteroatoms. The first-order valence-electron chi connectivity index (χ1n) is 6.64. The largest absolute Gasteiger partial charge is 0.354 e. The van der Waals surface area contributed by atoms with Crippen LogP contribution >= 0.6 is 23.2 Å². The topological polar surface area (TPSA) is 49.4 Å². The van der Waals surface area contributed by atoms with Crippen LogP contribution in [0.25, 0.3) is 0 Å². The van der Waals surface area contributed by atoms with E-state index in [1.54, 1.807) is 23.1 Å². The number of hydrogen-bond donors (Lipinski definition) is 1. The van der Waals surface area contributed by atoms with Gasteiger partial charge >= 0.3 is 0 Å². The third-order valence-electron chi connectivity index (χ3n) is 2.90. The molecule has 0 fully saturated rings. The minimum atomic E-state index is -0.454. The smallest absolute Gasteiger partial charge is 0.225 e. The van der Waals surface area contributed by atoms with E-state index in [-0.39, 0.29) is 11.8 Å². The van der Waals surface area contributed by atoms with Gasteiger partial charge in [0.25, 0.3) is 0 Å². The van der Waals surface area contributed by atoms with E-state index in [1.165, 1.54) is 6.92 Å². The maximum atomic E-state index is 11.8. The molecule has 0 aliphatic heterocycles. The number of rotatable bonds is 4. The zero-order chi connectivity index (χ0) is 16.2. The fourth-order valence-corrected chi connectivity index (χ4v) is 1.96. The second-order valence-electron chi connectivity index (χ2n) is 5.77. The Kier molecular flexibility index (Phi) is 6.05. The summed E-state index contributed by atoms with van der Waals surface area (Å²) < 4.78 is 0. The van der Waals surface area contributed by atoms with E-state index >= 15 is 0 Å². The Balaban J connectivity index is 2.73.